The molecule has 25 heavy (non-hydrogen) atoms. The van der Waals surface area contributed by atoms with E-state index >= 15 is 0 Å². The molecule has 1 aromatic heterocycles. The summed E-state index contributed by atoms with van der Waals surface area (Å²) in [5.41, 5.74) is 1.18. The molecule has 2 rings (SSSR count). The molecule has 0 aromatic carbocycles. The third kappa shape index (κ3) is 6.71. The molecule has 9 heteroatoms. The van der Waals surface area contributed by atoms with Crippen molar-refractivity contribution in [2.75, 3.05) is 46.4 Å². The molecule has 1 aromatic rings. The Labute approximate surface area is 166 Å². The summed E-state index contributed by atoms with van der Waals surface area (Å²) in [6.07, 6.45) is 4.66. The maximum atomic E-state index is 11.7. The van der Waals surface area contributed by atoms with Gasteiger partial charge in [-0.05, 0) is 25.8 Å². The van der Waals surface area contributed by atoms with Gasteiger partial charge < -0.3 is 19.9 Å². The molecule has 0 unspecified atom stereocenters. The fourth-order valence-electron chi connectivity index (χ4n) is 2.68. The summed E-state index contributed by atoms with van der Waals surface area (Å²) in [6, 6.07) is 0. The van der Waals surface area contributed by atoms with Gasteiger partial charge in [-0.1, -0.05) is 0 Å². The quantitative estimate of drug-likeness (QED) is 0.310. The van der Waals surface area contributed by atoms with Crippen molar-refractivity contribution in [1.82, 2.24) is 24.9 Å². The first-order valence-corrected chi connectivity index (χ1v) is 8.50. The van der Waals surface area contributed by atoms with Crippen LogP contribution in [0.15, 0.2) is 17.4 Å². The van der Waals surface area contributed by atoms with Crippen LogP contribution in [0.25, 0.3) is 0 Å². The molecule has 2 heterocycles. The molecule has 0 saturated carbocycles. The summed E-state index contributed by atoms with van der Waals surface area (Å²) in [6.45, 7) is 8.84. The monoisotopic (exact) mass is 464 g/mol. The number of nitrogens with zero attached hydrogens (tertiary/aromatic N) is 5. The highest BCUT2D eigenvalue weighted by molar-refractivity contribution is 14.0. The van der Waals surface area contributed by atoms with Crippen molar-refractivity contribution >= 4 is 36.0 Å². The zero-order valence-corrected chi connectivity index (χ0v) is 17.6. The molecule has 1 saturated heterocycles. The number of hydrogen-bond acceptors (Lipinski definition) is 4. The summed E-state index contributed by atoms with van der Waals surface area (Å²) >= 11 is 0. The molecule has 1 aliphatic rings. The van der Waals surface area contributed by atoms with Crippen LogP contribution in [0.3, 0.4) is 0 Å². The Morgan fingerprint density at radius 2 is 2.00 bits per heavy atom. The Morgan fingerprint density at radius 1 is 1.32 bits per heavy atom. The van der Waals surface area contributed by atoms with Crippen LogP contribution in [-0.4, -0.2) is 78.0 Å². The van der Waals surface area contributed by atoms with Gasteiger partial charge in [0.15, 0.2) is 5.96 Å². The van der Waals surface area contributed by atoms with Gasteiger partial charge >= 0.3 is 6.09 Å². The third-order valence-corrected chi connectivity index (χ3v) is 3.93. The first-order valence-electron chi connectivity index (χ1n) is 8.50. The number of piperazine rings is 1. The number of halogens is 1. The Hall–Kier alpha value is -1.52. The molecule has 0 radical (unpaired) electrons. The average Bonchev–Trinajstić information content (AvgIpc) is 3.01. The Balaban J connectivity index is 0.00000312. The predicted molar refractivity (Wildman–Crippen MR) is 109 cm³/mol. The van der Waals surface area contributed by atoms with E-state index in [-0.39, 0.29) is 30.1 Å². The molecular weight excluding hydrogens is 435 g/mol. The summed E-state index contributed by atoms with van der Waals surface area (Å²) in [5, 5.41) is 7.67. The van der Waals surface area contributed by atoms with Gasteiger partial charge in [-0.15, -0.1) is 24.0 Å². The van der Waals surface area contributed by atoms with Crippen LogP contribution in [0.5, 0.6) is 0 Å². The van der Waals surface area contributed by atoms with Crippen molar-refractivity contribution in [3.8, 4) is 0 Å². The van der Waals surface area contributed by atoms with Crippen LogP contribution in [0, 0.1) is 6.92 Å². The van der Waals surface area contributed by atoms with Crippen LogP contribution in [0.4, 0.5) is 4.79 Å². The Morgan fingerprint density at radius 3 is 2.56 bits per heavy atom. The van der Waals surface area contributed by atoms with Gasteiger partial charge in [-0.3, -0.25) is 9.67 Å². The standard InChI is InChI=1S/C16H28N6O2.HI/c1-4-24-16(23)21-10-8-20(9-11-21)15(17-3)18-6-5-7-22-13-14(2)12-19-22;/h12-13H,4-11H2,1-3H3,(H,17,18);1H. The van der Waals surface area contributed by atoms with Gasteiger partial charge in [-0.25, -0.2) is 4.79 Å². The first-order chi connectivity index (χ1) is 11.6. The SMILES string of the molecule is CCOC(=O)N1CCN(C(=NC)NCCCn2cc(C)cn2)CC1.I. The lowest BCUT2D eigenvalue weighted by molar-refractivity contribution is 0.0914. The second kappa shape index (κ2) is 11.2. The predicted octanol–water partition coefficient (Wildman–Crippen LogP) is 1.55. The van der Waals surface area contributed by atoms with E-state index < -0.39 is 0 Å². The number of hydrogen-bond donors (Lipinski definition) is 1. The number of carbonyl (C=O) groups excluding carboxylic acids is 1. The number of ether oxygens (including phenoxy) is 1. The number of aliphatic imine (C=N–C) groups is 1. The van der Waals surface area contributed by atoms with Crippen LogP contribution in [0.2, 0.25) is 0 Å². The van der Waals surface area contributed by atoms with E-state index in [1.807, 2.05) is 30.9 Å². The topological polar surface area (TPSA) is 75.0 Å². The van der Waals surface area contributed by atoms with Crippen LogP contribution in [-0.2, 0) is 11.3 Å². The van der Waals surface area contributed by atoms with Crippen LogP contribution in [0.1, 0.15) is 18.9 Å². The number of guanidine groups is 1. The fourth-order valence-corrected chi connectivity index (χ4v) is 2.68. The van der Waals surface area contributed by atoms with Crippen molar-refractivity contribution in [2.24, 2.45) is 4.99 Å². The van der Waals surface area contributed by atoms with Gasteiger partial charge in [0.1, 0.15) is 0 Å². The number of aromatic nitrogens is 2. The van der Waals surface area contributed by atoms with E-state index in [9.17, 15) is 4.79 Å². The van der Waals surface area contributed by atoms with Gasteiger partial charge in [0.05, 0.1) is 12.8 Å². The lowest BCUT2D eigenvalue weighted by atomic mass is 10.3. The molecule has 0 spiro atoms. The largest absolute Gasteiger partial charge is 0.450 e. The maximum absolute atomic E-state index is 11.7. The highest BCUT2D eigenvalue weighted by Gasteiger charge is 2.23. The highest BCUT2D eigenvalue weighted by Crippen LogP contribution is 2.04. The number of rotatable bonds is 5. The van der Waals surface area contributed by atoms with Gasteiger partial charge in [0.2, 0.25) is 0 Å². The molecule has 1 fully saturated rings. The van der Waals surface area contributed by atoms with E-state index in [2.05, 4.69) is 20.3 Å². The average molecular weight is 464 g/mol. The summed E-state index contributed by atoms with van der Waals surface area (Å²) in [5.74, 6) is 0.884. The molecule has 0 bridgehead atoms. The summed E-state index contributed by atoms with van der Waals surface area (Å²) < 4.78 is 7.00. The van der Waals surface area contributed by atoms with Crippen molar-refractivity contribution in [1.29, 1.82) is 0 Å². The maximum Gasteiger partial charge on any atom is 0.409 e. The molecule has 142 valence electrons. The lowest BCUT2D eigenvalue weighted by Gasteiger charge is -2.35. The smallest absolute Gasteiger partial charge is 0.409 e. The molecule has 0 aliphatic carbocycles. The van der Waals surface area contributed by atoms with Crippen molar-refractivity contribution in [3.05, 3.63) is 18.0 Å². The minimum atomic E-state index is -0.227. The van der Waals surface area contributed by atoms with Crippen LogP contribution >= 0.6 is 24.0 Å². The van der Waals surface area contributed by atoms with E-state index in [1.165, 1.54) is 5.56 Å². The van der Waals surface area contributed by atoms with Crippen molar-refractivity contribution in [3.63, 3.8) is 0 Å². The number of nitrogens with one attached hydrogen (secondary N) is 1. The summed E-state index contributed by atoms with van der Waals surface area (Å²) in [4.78, 5) is 20.0. The second-order valence-corrected chi connectivity index (χ2v) is 5.78. The van der Waals surface area contributed by atoms with Crippen molar-refractivity contribution in [2.45, 2.75) is 26.8 Å². The van der Waals surface area contributed by atoms with Gasteiger partial charge in [0.25, 0.3) is 0 Å². The number of carbonyl (C=O) groups is 1. The minimum Gasteiger partial charge on any atom is -0.450 e. The molecule has 1 aliphatic heterocycles. The van der Waals surface area contributed by atoms with Gasteiger partial charge in [-0.2, -0.15) is 5.10 Å². The molecular formula is C16H29IN6O2. The summed E-state index contributed by atoms with van der Waals surface area (Å²) in [7, 11) is 1.79. The van der Waals surface area contributed by atoms with Crippen LogP contribution < -0.4 is 5.32 Å². The molecule has 1 N–H and O–H groups in total. The van der Waals surface area contributed by atoms with Gasteiger partial charge in [0, 0.05) is 52.5 Å². The molecule has 1 amide bonds. The second-order valence-electron chi connectivity index (χ2n) is 5.78. The Bertz CT molecular complexity index is 555. The normalized spacial score (nSPS) is 14.9. The lowest BCUT2D eigenvalue weighted by Crippen LogP contribution is -2.54. The van der Waals surface area contributed by atoms with E-state index in [0.29, 0.717) is 19.7 Å². The molecule has 0 atom stereocenters. The Kier molecular flexibility index (Phi) is 9.61. The zero-order chi connectivity index (χ0) is 17.4. The third-order valence-electron chi connectivity index (χ3n) is 3.93. The van der Waals surface area contributed by atoms with E-state index in [0.717, 1.165) is 38.6 Å². The zero-order valence-electron chi connectivity index (χ0n) is 15.3. The number of aryl methyl sites for hydroxylation is 2. The minimum absolute atomic E-state index is 0. The first kappa shape index (κ1) is 21.5. The van der Waals surface area contributed by atoms with E-state index in [4.69, 9.17) is 4.74 Å². The number of amides is 1. The van der Waals surface area contributed by atoms with E-state index in [1.54, 1.807) is 11.9 Å². The van der Waals surface area contributed by atoms with Crippen molar-refractivity contribution < 1.29 is 9.53 Å². The fraction of sp³-hybridized carbons (Fsp3) is 0.688. The highest BCUT2D eigenvalue weighted by atomic mass is 127. The molecule has 8 nitrogen and oxygen atoms in total.